The van der Waals surface area contributed by atoms with Gasteiger partial charge >= 0.3 is 0 Å². The van der Waals surface area contributed by atoms with E-state index in [0.29, 0.717) is 27.6 Å². The summed E-state index contributed by atoms with van der Waals surface area (Å²) in [5.41, 5.74) is 5.30. The van der Waals surface area contributed by atoms with E-state index in [2.05, 4.69) is 10.6 Å². The Morgan fingerprint density at radius 2 is 1.83 bits per heavy atom. The van der Waals surface area contributed by atoms with Gasteiger partial charge < -0.3 is 10.6 Å². The van der Waals surface area contributed by atoms with Crippen molar-refractivity contribution in [2.45, 2.75) is 39.0 Å². The van der Waals surface area contributed by atoms with Gasteiger partial charge in [-0.1, -0.05) is 47.5 Å². The fourth-order valence-electron chi connectivity index (χ4n) is 4.21. The minimum atomic E-state index is -0.493. The molecule has 4 nitrogen and oxygen atoms in total. The second-order valence-corrected chi connectivity index (χ2v) is 8.52. The molecular formula is C24H22Cl2N2O2. The first-order chi connectivity index (χ1) is 14.4. The van der Waals surface area contributed by atoms with E-state index in [1.54, 1.807) is 12.1 Å². The molecule has 2 aromatic rings. The normalized spacial score (nSPS) is 18.8. The number of para-hydroxylation sites is 1. The molecular weight excluding hydrogens is 419 g/mol. The molecule has 0 unspecified atom stereocenters. The van der Waals surface area contributed by atoms with E-state index in [-0.39, 0.29) is 11.7 Å². The lowest BCUT2D eigenvalue weighted by Crippen LogP contribution is -2.35. The van der Waals surface area contributed by atoms with Gasteiger partial charge in [0.2, 0.25) is 0 Å². The molecule has 6 heteroatoms. The van der Waals surface area contributed by atoms with Crippen LogP contribution in [-0.4, -0.2) is 11.7 Å². The van der Waals surface area contributed by atoms with Gasteiger partial charge in [0, 0.05) is 40.6 Å². The van der Waals surface area contributed by atoms with Gasteiger partial charge in [-0.3, -0.25) is 9.59 Å². The summed E-state index contributed by atoms with van der Waals surface area (Å²) in [5.74, 6) is -0.670. The predicted molar refractivity (Wildman–Crippen MR) is 121 cm³/mol. The number of amides is 1. The van der Waals surface area contributed by atoms with Crippen molar-refractivity contribution in [3.05, 3.63) is 86.2 Å². The van der Waals surface area contributed by atoms with Crippen molar-refractivity contribution in [1.82, 2.24) is 5.32 Å². The number of anilines is 1. The van der Waals surface area contributed by atoms with Crippen LogP contribution >= 0.6 is 23.2 Å². The number of halogens is 2. The van der Waals surface area contributed by atoms with E-state index in [0.717, 1.165) is 41.1 Å². The van der Waals surface area contributed by atoms with Crippen LogP contribution in [0.1, 0.15) is 43.2 Å². The Labute approximate surface area is 186 Å². The van der Waals surface area contributed by atoms with E-state index in [1.165, 1.54) is 0 Å². The van der Waals surface area contributed by atoms with Crippen molar-refractivity contribution in [2.75, 3.05) is 5.32 Å². The molecule has 154 valence electrons. The highest BCUT2D eigenvalue weighted by molar-refractivity contribution is 6.42. The average Bonchev–Trinajstić information content (AvgIpc) is 2.71. The number of aryl methyl sites for hydroxylation is 1. The van der Waals surface area contributed by atoms with E-state index >= 15 is 0 Å². The van der Waals surface area contributed by atoms with Crippen molar-refractivity contribution in [2.24, 2.45) is 0 Å². The molecule has 0 radical (unpaired) electrons. The molecule has 0 saturated carbocycles. The zero-order valence-corrected chi connectivity index (χ0v) is 18.3. The minimum absolute atomic E-state index is 0.0634. The molecule has 0 spiro atoms. The summed E-state index contributed by atoms with van der Waals surface area (Å²) in [7, 11) is 0. The summed E-state index contributed by atoms with van der Waals surface area (Å²) in [6.45, 7) is 3.82. The Kier molecular flexibility index (Phi) is 5.72. The van der Waals surface area contributed by atoms with Crippen LogP contribution in [0.2, 0.25) is 10.0 Å². The van der Waals surface area contributed by atoms with Crippen LogP contribution in [0.5, 0.6) is 0 Å². The highest BCUT2D eigenvalue weighted by Gasteiger charge is 2.38. The maximum absolute atomic E-state index is 13.4. The SMILES string of the molecule is CC1=C(C(=O)Nc2ccccc2C)[C@@H](c2ccc(Cl)c(Cl)c2)C2=C(CCCC2=O)N1. The fraction of sp³-hybridized carbons (Fsp3) is 0.250. The number of carbonyl (C=O) groups excluding carboxylic acids is 2. The van der Waals surface area contributed by atoms with Gasteiger partial charge in [0.15, 0.2) is 5.78 Å². The Morgan fingerprint density at radius 1 is 1.07 bits per heavy atom. The first-order valence-corrected chi connectivity index (χ1v) is 10.7. The summed E-state index contributed by atoms with van der Waals surface area (Å²) >= 11 is 12.4. The smallest absolute Gasteiger partial charge is 0.254 e. The molecule has 0 bridgehead atoms. The second-order valence-electron chi connectivity index (χ2n) is 7.71. The molecule has 1 aliphatic carbocycles. The number of rotatable bonds is 3. The molecule has 2 N–H and O–H groups in total. The first-order valence-electron chi connectivity index (χ1n) is 9.92. The third-order valence-corrected chi connectivity index (χ3v) is 6.43. The second kappa shape index (κ2) is 8.29. The first kappa shape index (κ1) is 20.7. The number of carbonyl (C=O) groups is 2. The topological polar surface area (TPSA) is 58.2 Å². The van der Waals surface area contributed by atoms with Crippen molar-refractivity contribution in [1.29, 1.82) is 0 Å². The highest BCUT2D eigenvalue weighted by Crippen LogP contribution is 2.43. The largest absolute Gasteiger partial charge is 0.362 e. The Hall–Kier alpha value is -2.56. The van der Waals surface area contributed by atoms with Crippen LogP contribution in [0.3, 0.4) is 0 Å². The van der Waals surface area contributed by atoms with Crippen LogP contribution in [0.15, 0.2) is 65.0 Å². The van der Waals surface area contributed by atoms with Crippen LogP contribution in [0, 0.1) is 6.92 Å². The van der Waals surface area contributed by atoms with Gasteiger partial charge in [-0.25, -0.2) is 0 Å². The van der Waals surface area contributed by atoms with E-state index in [4.69, 9.17) is 23.2 Å². The molecule has 0 saturated heterocycles. The monoisotopic (exact) mass is 440 g/mol. The van der Waals surface area contributed by atoms with Gasteiger partial charge in [0.05, 0.1) is 10.0 Å². The maximum Gasteiger partial charge on any atom is 0.254 e. The summed E-state index contributed by atoms with van der Waals surface area (Å²) in [6.07, 6.45) is 2.06. The molecule has 2 aliphatic rings. The molecule has 1 heterocycles. The maximum atomic E-state index is 13.4. The van der Waals surface area contributed by atoms with Gasteiger partial charge in [-0.2, -0.15) is 0 Å². The number of Topliss-reactive ketones (excluding diaryl/α,β-unsaturated/α-hetero) is 1. The summed E-state index contributed by atoms with van der Waals surface area (Å²) < 4.78 is 0. The number of nitrogens with one attached hydrogen (secondary N) is 2. The van der Waals surface area contributed by atoms with E-state index in [1.807, 2.05) is 44.2 Å². The molecule has 1 aliphatic heterocycles. The molecule has 0 aromatic heterocycles. The fourth-order valence-corrected chi connectivity index (χ4v) is 4.52. The lowest BCUT2D eigenvalue weighted by Gasteiger charge is -2.34. The van der Waals surface area contributed by atoms with Gasteiger partial charge in [0.25, 0.3) is 5.91 Å². The lowest BCUT2D eigenvalue weighted by atomic mass is 9.75. The van der Waals surface area contributed by atoms with Crippen molar-refractivity contribution in [3.8, 4) is 0 Å². The van der Waals surface area contributed by atoms with Gasteiger partial charge in [0.1, 0.15) is 0 Å². The Balaban J connectivity index is 1.82. The lowest BCUT2D eigenvalue weighted by molar-refractivity contribution is -0.116. The zero-order chi connectivity index (χ0) is 21.4. The number of hydrogen-bond donors (Lipinski definition) is 2. The van der Waals surface area contributed by atoms with Gasteiger partial charge in [-0.05, 0) is 56.0 Å². The summed E-state index contributed by atoms with van der Waals surface area (Å²) in [6, 6.07) is 12.9. The average molecular weight is 441 g/mol. The number of dihydropyridines is 1. The molecule has 1 atom stereocenters. The van der Waals surface area contributed by atoms with Crippen LogP contribution in [0.25, 0.3) is 0 Å². The molecule has 4 rings (SSSR count). The number of benzene rings is 2. The van der Waals surface area contributed by atoms with Crippen molar-refractivity contribution in [3.63, 3.8) is 0 Å². The van der Waals surface area contributed by atoms with Gasteiger partial charge in [-0.15, -0.1) is 0 Å². The summed E-state index contributed by atoms with van der Waals surface area (Å²) in [4.78, 5) is 26.4. The van der Waals surface area contributed by atoms with Crippen LogP contribution in [-0.2, 0) is 9.59 Å². The Bertz CT molecular complexity index is 1120. The minimum Gasteiger partial charge on any atom is -0.362 e. The van der Waals surface area contributed by atoms with Crippen LogP contribution < -0.4 is 10.6 Å². The quantitative estimate of drug-likeness (QED) is 0.623. The molecule has 2 aromatic carbocycles. The zero-order valence-electron chi connectivity index (χ0n) is 16.8. The predicted octanol–water partition coefficient (Wildman–Crippen LogP) is 5.91. The molecule has 0 fully saturated rings. The Morgan fingerprint density at radius 3 is 2.57 bits per heavy atom. The van der Waals surface area contributed by atoms with Crippen molar-refractivity contribution >= 4 is 40.6 Å². The molecule has 30 heavy (non-hydrogen) atoms. The number of allylic oxidation sites excluding steroid dienone is 3. The van der Waals surface area contributed by atoms with E-state index in [9.17, 15) is 9.59 Å². The van der Waals surface area contributed by atoms with E-state index < -0.39 is 5.92 Å². The molecule has 1 amide bonds. The number of ketones is 1. The highest BCUT2D eigenvalue weighted by atomic mass is 35.5. The van der Waals surface area contributed by atoms with Crippen molar-refractivity contribution < 1.29 is 9.59 Å². The number of hydrogen-bond acceptors (Lipinski definition) is 3. The third-order valence-electron chi connectivity index (χ3n) is 5.69. The standard InChI is InChI=1S/C24H22Cl2N2O2/c1-13-6-3-4-7-18(13)28-24(30)21-14(2)27-19-8-5-9-20(29)23(19)22(21)15-10-11-16(25)17(26)12-15/h3-4,6-7,10-12,22,27H,5,8-9H2,1-2H3,(H,28,30)/t22-/m1/s1. The third kappa shape index (κ3) is 3.78. The summed E-state index contributed by atoms with van der Waals surface area (Å²) in [5, 5.41) is 7.17. The van der Waals surface area contributed by atoms with Crippen LogP contribution in [0.4, 0.5) is 5.69 Å².